The van der Waals surface area contributed by atoms with E-state index in [-0.39, 0.29) is 5.82 Å². The molecule has 0 bridgehead atoms. The highest BCUT2D eigenvalue weighted by Crippen LogP contribution is 2.26. The van der Waals surface area contributed by atoms with Gasteiger partial charge in [-0.05, 0) is 43.3 Å². The summed E-state index contributed by atoms with van der Waals surface area (Å²) in [7, 11) is 0. The van der Waals surface area contributed by atoms with Crippen molar-refractivity contribution in [1.29, 1.82) is 0 Å². The second-order valence-electron chi connectivity index (χ2n) is 4.80. The summed E-state index contributed by atoms with van der Waals surface area (Å²) in [5.41, 5.74) is 2.01. The number of fused-ring (bicyclic) bond motifs is 1. The maximum atomic E-state index is 13.3. The number of rotatable bonds is 4. The Labute approximate surface area is 127 Å². The van der Waals surface area contributed by atoms with Crippen molar-refractivity contribution in [3.63, 3.8) is 0 Å². The monoisotopic (exact) mass is 303 g/mol. The highest BCUT2D eigenvalue weighted by molar-refractivity contribution is 6.32. The van der Waals surface area contributed by atoms with Crippen LogP contribution in [0, 0.1) is 5.82 Å². The van der Waals surface area contributed by atoms with Gasteiger partial charge in [0.2, 0.25) is 0 Å². The zero-order valence-electron chi connectivity index (χ0n) is 11.6. The summed E-state index contributed by atoms with van der Waals surface area (Å²) < 4.78 is 21.2. The first-order valence-corrected chi connectivity index (χ1v) is 7.22. The Bertz CT molecular complexity index is 782. The molecule has 21 heavy (non-hydrogen) atoms. The van der Waals surface area contributed by atoms with E-state index in [0.717, 1.165) is 23.1 Å². The van der Waals surface area contributed by atoms with Crippen LogP contribution in [-0.4, -0.2) is 4.57 Å². The summed E-state index contributed by atoms with van der Waals surface area (Å²) in [5, 5.41) is 1.47. The van der Waals surface area contributed by atoms with Gasteiger partial charge in [-0.25, -0.2) is 4.39 Å². The topological polar surface area (TPSA) is 14.2 Å². The molecule has 3 aromatic rings. The highest BCUT2D eigenvalue weighted by Gasteiger charge is 2.09. The molecule has 0 fully saturated rings. The average Bonchev–Trinajstić information content (AvgIpc) is 2.82. The predicted octanol–water partition coefficient (Wildman–Crippen LogP) is 5.03. The number of halogens is 2. The molecule has 2 aromatic carbocycles. The van der Waals surface area contributed by atoms with Crippen molar-refractivity contribution in [3.05, 3.63) is 65.1 Å². The molecule has 1 heterocycles. The summed E-state index contributed by atoms with van der Waals surface area (Å²) in [6, 6.07) is 14.1. The van der Waals surface area contributed by atoms with E-state index in [4.69, 9.17) is 16.3 Å². The standard InChI is InChI=1S/C17H15ClFNO/c1-2-20-14(10-12-9-13(19)7-8-16(12)20)11-21-17-6-4-3-5-15(17)18/h3-10H,2,11H2,1H3. The normalized spacial score (nSPS) is 11.0. The largest absolute Gasteiger partial charge is 0.486 e. The van der Waals surface area contributed by atoms with E-state index in [9.17, 15) is 4.39 Å². The van der Waals surface area contributed by atoms with Gasteiger partial charge in [-0.3, -0.25) is 0 Å². The molecule has 1 aromatic heterocycles. The molecule has 2 nitrogen and oxygen atoms in total. The molecule has 0 aliphatic carbocycles. The lowest BCUT2D eigenvalue weighted by Crippen LogP contribution is -2.04. The third-order valence-electron chi connectivity index (χ3n) is 3.48. The third-order valence-corrected chi connectivity index (χ3v) is 3.79. The fourth-order valence-corrected chi connectivity index (χ4v) is 2.70. The molecule has 0 N–H and O–H groups in total. The van der Waals surface area contributed by atoms with Crippen LogP contribution >= 0.6 is 11.6 Å². The van der Waals surface area contributed by atoms with Crippen LogP contribution in [0.1, 0.15) is 12.6 Å². The molecular formula is C17H15ClFNO. The predicted molar refractivity (Wildman–Crippen MR) is 83.4 cm³/mol. The van der Waals surface area contributed by atoms with Crippen LogP contribution in [0.5, 0.6) is 5.75 Å². The minimum absolute atomic E-state index is 0.227. The first-order valence-electron chi connectivity index (χ1n) is 6.84. The Morgan fingerprint density at radius 1 is 1.14 bits per heavy atom. The van der Waals surface area contributed by atoms with Gasteiger partial charge < -0.3 is 9.30 Å². The molecular weight excluding hydrogens is 289 g/mol. The first-order chi connectivity index (χ1) is 10.2. The number of para-hydroxylation sites is 1. The van der Waals surface area contributed by atoms with Gasteiger partial charge >= 0.3 is 0 Å². The smallest absolute Gasteiger partial charge is 0.138 e. The van der Waals surface area contributed by atoms with Gasteiger partial charge in [0.05, 0.1) is 10.7 Å². The van der Waals surface area contributed by atoms with E-state index < -0.39 is 0 Å². The molecule has 0 aliphatic heterocycles. The second kappa shape index (κ2) is 5.78. The van der Waals surface area contributed by atoms with E-state index >= 15 is 0 Å². The summed E-state index contributed by atoms with van der Waals surface area (Å²) in [6.45, 7) is 3.26. The van der Waals surface area contributed by atoms with Crippen LogP contribution in [0.25, 0.3) is 10.9 Å². The molecule has 0 amide bonds. The zero-order chi connectivity index (χ0) is 14.8. The van der Waals surface area contributed by atoms with Crippen LogP contribution in [-0.2, 0) is 13.2 Å². The van der Waals surface area contributed by atoms with Gasteiger partial charge in [-0.2, -0.15) is 0 Å². The zero-order valence-corrected chi connectivity index (χ0v) is 12.4. The van der Waals surface area contributed by atoms with Crippen molar-refractivity contribution in [2.45, 2.75) is 20.1 Å². The number of aromatic nitrogens is 1. The van der Waals surface area contributed by atoms with Crippen molar-refractivity contribution in [2.24, 2.45) is 0 Å². The Balaban J connectivity index is 1.92. The fraction of sp³-hybridized carbons (Fsp3) is 0.176. The van der Waals surface area contributed by atoms with Gasteiger partial charge in [-0.15, -0.1) is 0 Å². The van der Waals surface area contributed by atoms with Crippen LogP contribution in [0.3, 0.4) is 0 Å². The van der Waals surface area contributed by atoms with Gasteiger partial charge in [0, 0.05) is 17.4 Å². The number of benzene rings is 2. The Morgan fingerprint density at radius 3 is 2.71 bits per heavy atom. The van der Waals surface area contributed by atoms with Crippen LogP contribution < -0.4 is 4.74 Å². The van der Waals surface area contributed by atoms with Crippen molar-refractivity contribution >= 4 is 22.5 Å². The van der Waals surface area contributed by atoms with Crippen LogP contribution in [0.4, 0.5) is 4.39 Å². The minimum Gasteiger partial charge on any atom is -0.486 e. The Kier molecular flexibility index (Phi) is 3.84. The van der Waals surface area contributed by atoms with E-state index in [1.165, 1.54) is 6.07 Å². The van der Waals surface area contributed by atoms with Gasteiger partial charge in [0.15, 0.2) is 0 Å². The molecule has 4 heteroatoms. The number of nitrogens with zero attached hydrogens (tertiary/aromatic N) is 1. The first kappa shape index (κ1) is 14.0. The molecule has 3 rings (SSSR count). The Morgan fingerprint density at radius 2 is 1.95 bits per heavy atom. The third kappa shape index (κ3) is 2.74. The molecule has 0 aliphatic rings. The molecule has 0 saturated heterocycles. The number of ether oxygens (including phenoxy) is 1. The van der Waals surface area contributed by atoms with Crippen LogP contribution in [0.15, 0.2) is 48.5 Å². The maximum Gasteiger partial charge on any atom is 0.138 e. The Hall–Kier alpha value is -2.00. The maximum absolute atomic E-state index is 13.3. The lowest BCUT2D eigenvalue weighted by molar-refractivity contribution is 0.296. The van der Waals surface area contributed by atoms with E-state index in [1.54, 1.807) is 18.2 Å². The van der Waals surface area contributed by atoms with Crippen LogP contribution in [0.2, 0.25) is 5.02 Å². The minimum atomic E-state index is -0.227. The highest BCUT2D eigenvalue weighted by atomic mass is 35.5. The summed E-state index contributed by atoms with van der Waals surface area (Å²) >= 11 is 6.08. The molecule has 0 spiro atoms. The van der Waals surface area contributed by atoms with Gasteiger partial charge in [0.25, 0.3) is 0 Å². The molecule has 108 valence electrons. The molecule has 0 saturated carbocycles. The molecule has 0 unspecified atom stereocenters. The number of hydrogen-bond acceptors (Lipinski definition) is 1. The quantitative estimate of drug-likeness (QED) is 0.659. The summed E-state index contributed by atoms with van der Waals surface area (Å²) in [5.74, 6) is 0.424. The lowest BCUT2D eigenvalue weighted by Gasteiger charge is -2.10. The summed E-state index contributed by atoms with van der Waals surface area (Å²) in [4.78, 5) is 0. The van der Waals surface area contributed by atoms with E-state index in [2.05, 4.69) is 11.5 Å². The van der Waals surface area contributed by atoms with Crippen molar-refractivity contribution in [1.82, 2.24) is 4.57 Å². The number of hydrogen-bond donors (Lipinski definition) is 0. The molecule has 0 radical (unpaired) electrons. The second-order valence-corrected chi connectivity index (χ2v) is 5.21. The van der Waals surface area contributed by atoms with Gasteiger partial charge in [-0.1, -0.05) is 23.7 Å². The average molecular weight is 304 g/mol. The van der Waals surface area contributed by atoms with Crippen molar-refractivity contribution in [2.75, 3.05) is 0 Å². The SMILES string of the molecule is CCn1c(COc2ccccc2Cl)cc2cc(F)ccc21. The van der Waals surface area contributed by atoms with Crippen molar-refractivity contribution in [3.8, 4) is 5.75 Å². The van der Waals surface area contributed by atoms with Crippen molar-refractivity contribution < 1.29 is 9.13 Å². The van der Waals surface area contributed by atoms with E-state index in [1.807, 2.05) is 24.3 Å². The van der Waals surface area contributed by atoms with E-state index in [0.29, 0.717) is 17.4 Å². The summed E-state index contributed by atoms with van der Waals surface area (Å²) in [6.07, 6.45) is 0. The number of aryl methyl sites for hydroxylation is 1. The lowest BCUT2D eigenvalue weighted by atomic mass is 10.2. The van der Waals surface area contributed by atoms with Gasteiger partial charge in [0.1, 0.15) is 18.2 Å². The fourth-order valence-electron chi connectivity index (χ4n) is 2.51. The molecule has 0 atom stereocenters.